The number of nitrogens with one attached hydrogen (secondary N) is 1. The number of carbonyl (C=O) groups excluding carboxylic acids is 1. The molecule has 3 unspecified atom stereocenters. The molecule has 2 aliphatic rings. The average Bonchev–Trinajstić information content (AvgIpc) is 3.23. The lowest BCUT2D eigenvalue weighted by atomic mass is 9.90. The molecule has 0 bridgehead atoms. The van der Waals surface area contributed by atoms with Gasteiger partial charge in [0, 0.05) is 5.92 Å². The second-order valence-corrected chi connectivity index (χ2v) is 7.14. The van der Waals surface area contributed by atoms with Crippen LogP contribution in [0.25, 0.3) is 0 Å². The van der Waals surface area contributed by atoms with E-state index in [-0.39, 0.29) is 17.2 Å². The van der Waals surface area contributed by atoms with Gasteiger partial charge in [-0.15, -0.1) is 0 Å². The van der Waals surface area contributed by atoms with Crippen LogP contribution in [0.15, 0.2) is 23.3 Å². The summed E-state index contributed by atoms with van der Waals surface area (Å²) in [5.41, 5.74) is 3.80. The predicted molar refractivity (Wildman–Crippen MR) is 98.1 cm³/mol. The van der Waals surface area contributed by atoms with Crippen LogP contribution in [0.5, 0.6) is 11.5 Å². The number of fused-ring (bicyclic) bond motifs is 1. The van der Waals surface area contributed by atoms with Gasteiger partial charge in [-0.25, -0.2) is 5.43 Å². The zero-order valence-electron chi connectivity index (χ0n) is 15.4. The molecule has 5 nitrogen and oxygen atoms in total. The van der Waals surface area contributed by atoms with Gasteiger partial charge in [-0.1, -0.05) is 19.8 Å². The topological polar surface area (TPSA) is 59.9 Å². The molecule has 1 amide bonds. The van der Waals surface area contributed by atoms with Gasteiger partial charge in [0.1, 0.15) is 0 Å². The van der Waals surface area contributed by atoms with Crippen molar-refractivity contribution in [1.82, 2.24) is 5.43 Å². The van der Waals surface area contributed by atoms with E-state index in [1.54, 1.807) is 6.21 Å². The highest BCUT2D eigenvalue weighted by Crippen LogP contribution is 2.66. The quantitative estimate of drug-likeness (QED) is 0.605. The molecule has 1 aromatic carbocycles. The van der Waals surface area contributed by atoms with E-state index >= 15 is 0 Å². The number of hydrazone groups is 1. The zero-order chi connectivity index (χ0) is 17.9. The minimum atomic E-state index is 0.0571. The summed E-state index contributed by atoms with van der Waals surface area (Å²) >= 11 is 0. The third-order valence-electron chi connectivity index (χ3n) is 5.57. The molecule has 0 aliphatic heterocycles. The lowest BCUT2D eigenvalue weighted by Gasteiger charge is -2.15. The van der Waals surface area contributed by atoms with Crippen molar-refractivity contribution in [2.24, 2.45) is 22.4 Å². The number of amides is 1. The first-order chi connectivity index (χ1) is 12.1. The van der Waals surface area contributed by atoms with Crippen molar-refractivity contribution >= 4 is 12.1 Å². The van der Waals surface area contributed by atoms with Crippen LogP contribution in [0.1, 0.15) is 52.0 Å². The molecule has 0 heterocycles. The van der Waals surface area contributed by atoms with Crippen LogP contribution in [-0.4, -0.2) is 25.3 Å². The minimum Gasteiger partial charge on any atom is -0.490 e. The molecule has 3 rings (SSSR count). The van der Waals surface area contributed by atoms with Crippen LogP contribution < -0.4 is 14.9 Å². The molecule has 0 aromatic heterocycles. The SMILES string of the molecule is CCOc1ccc(C=NNC(=O)C2C3CCCCC32C)cc1OCC. The smallest absolute Gasteiger partial charge is 0.244 e. The number of nitrogens with zero attached hydrogens (tertiary/aromatic N) is 1. The van der Waals surface area contributed by atoms with E-state index in [0.29, 0.717) is 24.9 Å². The molecule has 0 radical (unpaired) electrons. The Balaban J connectivity index is 1.60. The number of rotatable bonds is 7. The number of hydrogen-bond donors (Lipinski definition) is 1. The van der Waals surface area contributed by atoms with Crippen LogP contribution in [0.3, 0.4) is 0 Å². The Bertz CT molecular complexity index is 658. The average molecular weight is 344 g/mol. The molecular weight excluding hydrogens is 316 g/mol. The van der Waals surface area contributed by atoms with E-state index < -0.39 is 0 Å². The van der Waals surface area contributed by atoms with Crippen LogP contribution >= 0.6 is 0 Å². The van der Waals surface area contributed by atoms with Gasteiger partial charge in [0.25, 0.3) is 0 Å². The number of carbonyl (C=O) groups is 1. The molecular formula is C20H28N2O3. The van der Waals surface area contributed by atoms with Crippen molar-refractivity contribution in [3.8, 4) is 11.5 Å². The minimum absolute atomic E-state index is 0.0571. The van der Waals surface area contributed by atoms with Crippen LogP contribution in [0, 0.1) is 17.3 Å². The van der Waals surface area contributed by atoms with Crippen LogP contribution in [-0.2, 0) is 4.79 Å². The summed E-state index contributed by atoms with van der Waals surface area (Å²) in [6.07, 6.45) is 6.49. The molecule has 2 aliphatic carbocycles. The summed E-state index contributed by atoms with van der Waals surface area (Å²) in [6.45, 7) is 7.28. The molecule has 1 aromatic rings. The van der Waals surface area contributed by atoms with Gasteiger partial charge in [-0.05, 0) is 61.8 Å². The Hall–Kier alpha value is -2.04. The van der Waals surface area contributed by atoms with E-state index in [2.05, 4.69) is 17.5 Å². The van der Waals surface area contributed by atoms with E-state index in [4.69, 9.17) is 9.47 Å². The summed E-state index contributed by atoms with van der Waals surface area (Å²) in [4.78, 5) is 12.4. The van der Waals surface area contributed by atoms with Crippen molar-refractivity contribution in [2.45, 2.75) is 46.5 Å². The molecule has 1 N–H and O–H groups in total. The standard InChI is InChI=1S/C20H28N2O3/c1-4-24-16-10-9-14(12-17(16)25-5-2)13-21-22-19(23)18-15-8-6-7-11-20(15,18)3/h9-10,12-13,15,18H,4-8,11H2,1-3H3,(H,22,23). The number of benzene rings is 1. The first-order valence-corrected chi connectivity index (χ1v) is 9.32. The Kier molecular flexibility index (Phi) is 5.30. The second-order valence-electron chi connectivity index (χ2n) is 7.14. The molecule has 0 saturated heterocycles. The predicted octanol–water partition coefficient (Wildman–Crippen LogP) is 3.76. The van der Waals surface area contributed by atoms with Crippen LogP contribution in [0.2, 0.25) is 0 Å². The van der Waals surface area contributed by atoms with Gasteiger partial charge in [0.2, 0.25) is 5.91 Å². The maximum absolute atomic E-state index is 12.4. The first kappa shape index (κ1) is 17.8. The summed E-state index contributed by atoms with van der Waals surface area (Å²) in [5.74, 6) is 2.15. The third kappa shape index (κ3) is 3.65. The monoisotopic (exact) mass is 344 g/mol. The van der Waals surface area contributed by atoms with E-state index in [9.17, 15) is 4.79 Å². The van der Waals surface area contributed by atoms with Gasteiger partial charge < -0.3 is 9.47 Å². The summed E-state index contributed by atoms with van der Waals surface area (Å²) < 4.78 is 11.2. The lowest BCUT2D eigenvalue weighted by Crippen LogP contribution is -2.22. The van der Waals surface area contributed by atoms with Crippen molar-refractivity contribution < 1.29 is 14.3 Å². The van der Waals surface area contributed by atoms with E-state index in [0.717, 1.165) is 17.7 Å². The highest BCUT2D eigenvalue weighted by atomic mass is 16.5. The molecule has 0 spiro atoms. The lowest BCUT2D eigenvalue weighted by molar-refractivity contribution is -0.123. The van der Waals surface area contributed by atoms with Gasteiger partial charge in [0.05, 0.1) is 19.4 Å². The fourth-order valence-corrected chi connectivity index (χ4v) is 4.24. The highest BCUT2D eigenvalue weighted by Gasteiger charge is 2.64. The van der Waals surface area contributed by atoms with Gasteiger partial charge in [-0.2, -0.15) is 5.10 Å². The Morgan fingerprint density at radius 2 is 2.04 bits per heavy atom. The Labute approximate surface area is 149 Å². The summed E-state index contributed by atoms with van der Waals surface area (Å²) in [6, 6.07) is 5.65. The maximum Gasteiger partial charge on any atom is 0.244 e. The second kappa shape index (κ2) is 7.46. The van der Waals surface area contributed by atoms with Crippen molar-refractivity contribution in [3.63, 3.8) is 0 Å². The molecule has 25 heavy (non-hydrogen) atoms. The summed E-state index contributed by atoms with van der Waals surface area (Å²) in [7, 11) is 0. The Morgan fingerprint density at radius 1 is 1.28 bits per heavy atom. The van der Waals surface area contributed by atoms with Gasteiger partial charge in [0.15, 0.2) is 11.5 Å². The van der Waals surface area contributed by atoms with Gasteiger partial charge >= 0.3 is 0 Å². The summed E-state index contributed by atoms with van der Waals surface area (Å²) in [5, 5.41) is 4.15. The molecule has 3 atom stereocenters. The Morgan fingerprint density at radius 3 is 2.72 bits per heavy atom. The van der Waals surface area contributed by atoms with Crippen molar-refractivity contribution in [3.05, 3.63) is 23.8 Å². The van der Waals surface area contributed by atoms with Crippen LogP contribution in [0.4, 0.5) is 0 Å². The van der Waals surface area contributed by atoms with E-state index in [1.807, 2.05) is 32.0 Å². The maximum atomic E-state index is 12.4. The fraction of sp³-hybridized carbons (Fsp3) is 0.600. The normalized spacial score (nSPS) is 27.6. The molecule has 2 fully saturated rings. The third-order valence-corrected chi connectivity index (χ3v) is 5.57. The molecule has 2 saturated carbocycles. The molecule has 136 valence electrons. The van der Waals surface area contributed by atoms with E-state index in [1.165, 1.54) is 19.3 Å². The fourth-order valence-electron chi connectivity index (χ4n) is 4.24. The van der Waals surface area contributed by atoms with Gasteiger partial charge in [-0.3, -0.25) is 4.79 Å². The largest absolute Gasteiger partial charge is 0.490 e. The highest BCUT2D eigenvalue weighted by molar-refractivity contribution is 5.86. The van der Waals surface area contributed by atoms with Crippen molar-refractivity contribution in [2.75, 3.05) is 13.2 Å². The number of ether oxygens (including phenoxy) is 2. The molecule has 5 heteroatoms. The number of hydrogen-bond acceptors (Lipinski definition) is 4. The first-order valence-electron chi connectivity index (χ1n) is 9.32. The van der Waals surface area contributed by atoms with Crippen molar-refractivity contribution in [1.29, 1.82) is 0 Å². The zero-order valence-corrected chi connectivity index (χ0v) is 15.4.